The first-order valence-corrected chi connectivity index (χ1v) is 7.92. The zero-order valence-corrected chi connectivity index (χ0v) is 14.2. The van der Waals surface area contributed by atoms with Crippen LogP contribution in [0.25, 0.3) is 0 Å². The van der Waals surface area contributed by atoms with Gasteiger partial charge in [0, 0.05) is 5.69 Å². The second kappa shape index (κ2) is 8.77. The third-order valence-electron chi connectivity index (χ3n) is 3.24. The maximum atomic E-state index is 11.8. The summed E-state index contributed by atoms with van der Waals surface area (Å²) in [6.07, 6.45) is 0.837. The quantitative estimate of drug-likeness (QED) is 0.745. The first-order valence-electron chi connectivity index (χ1n) is 7.17. The molecule has 0 unspecified atom stereocenters. The van der Waals surface area contributed by atoms with Gasteiger partial charge in [-0.3, -0.25) is 4.79 Å². The van der Waals surface area contributed by atoms with Gasteiger partial charge in [0.2, 0.25) is 5.91 Å². The number of amides is 1. The fourth-order valence-electron chi connectivity index (χ4n) is 2.01. The van der Waals surface area contributed by atoms with Gasteiger partial charge in [0.25, 0.3) is 0 Å². The lowest BCUT2D eigenvalue weighted by molar-refractivity contribution is -0.115. The standard InChI is InChI=1S/C17H18Cl2N2O2/c1-23-14-5-2-12(3-6-14)8-9-20-11-17(22)21-13-4-7-15(18)16(19)10-13/h2-7,10,20H,8-9,11H2,1H3,(H,21,22). The molecule has 0 aliphatic heterocycles. The van der Waals surface area contributed by atoms with E-state index in [1.807, 2.05) is 24.3 Å². The number of carbonyl (C=O) groups excluding carboxylic acids is 1. The lowest BCUT2D eigenvalue weighted by Gasteiger charge is -2.08. The summed E-state index contributed by atoms with van der Waals surface area (Å²) in [5, 5.41) is 6.74. The number of rotatable bonds is 7. The van der Waals surface area contributed by atoms with Gasteiger partial charge in [0.1, 0.15) is 5.75 Å². The predicted molar refractivity (Wildman–Crippen MR) is 94.7 cm³/mol. The Morgan fingerprint density at radius 2 is 1.83 bits per heavy atom. The molecule has 2 N–H and O–H groups in total. The molecule has 4 nitrogen and oxygen atoms in total. The van der Waals surface area contributed by atoms with Gasteiger partial charge in [0.05, 0.1) is 23.7 Å². The Kier molecular flexibility index (Phi) is 6.71. The zero-order valence-electron chi connectivity index (χ0n) is 12.7. The number of benzene rings is 2. The molecule has 2 rings (SSSR count). The van der Waals surface area contributed by atoms with Crippen LogP contribution in [-0.4, -0.2) is 26.1 Å². The fourth-order valence-corrected chi connectivity index (χ4v) is 2.30. The molecule has 0 aromatic heterocycles. The van der Waals surface area contributed by atoms with E-state index in [2.05, 4.69) is 10.6 Å². The van der Waals surface area contributed by atoms with Crippen molar-refractivity contribution in [3.05, 3.63) is 58.1 Å². The van der Waals surface area contributed by atoms with Crippen LogP contribution in [0.1, 0.15) is 5.56 Å². The van der Waals surface area contributed by atoms with E-state index in [1.54, 1.807) is 25.3 Å². The van der Waals surface area contributed by atoms with Crippen LogP contribution in [0.15, 0.2) is 42.5 Å². The minimum Gasteiger partial charge on any atom is -0.497 e. The van der Waals surface area contributed by atoms with Gasteiger partial charge >= 0.3 is 0 Å². The minimum absolute atomic E-state index is 0.127. The van der Waals surface area contributed by atoms with Crippen molar-refractivity contribution in [3.8, 4) is 5.75 Å². The van der Waals surface area contributed by atoms with Crippen LogP contribution in [0, 0.1) is 0 Å². The molecule has 0 aliphatic rings. The third kappa shape index (κ3) is 5.75. The van der Waals surface area contributed by atoms with Crippen LogP contribution in [0.3, 0.4) is 0 Å². The maximum absolute atomic E-state index is 11.8. The Morgan fingerprint density at radius 1 is 1.09 bits per heavy atom. The van der Waals surface area contributed by atoms with Crippen molar-refractivity contribution in [2.24, 2.45) is 0 Å². The van der Waals surface area contributed by atoms with Crippen molar-refractivity contribution in [3.63, 3.8) is 0 Å². The summed E-state index contributed by atoms with van der Waals surface area (Å²) in [6, 6.07) is 12.9. The first-order chi connectivity index (χ1) is 11.1. The number of nitrogens with one attached hydrogen (secondary N) is 2. The molecule has 0 aliphatic carbocycles. The molecule has 1 amide bonds. The van der Waals surface area contributed by atoms with Gasteiger partial charge in [-0.25, -0.2) is 0 Å². The Hall–Kier alpha value is -1.75. The van der Waals surface area contributed by atoms with E-state index < -0.39 is 0 Å². The summed E-state index contributed by atoms with van der Waals surface area (Å²) in [6.45, 7) is 0.942. The average Bonchev–Trinajstić information content (AvgIpc) is 2.55. The van der Waals surface area contributed by atoms with Crippen molar-refractivity contribution in [1.82, 2.24) is 5.32 Å². The van der Waals surface area contributed by atoms with Gasteiger partial charge in [0.15, 0.2) is 0 Å². The molecule has 23 heavy (non-hydrogen) atoms. The van der Waals surface area contributed by atoms with Crippen LogP contribution in [0.4, 0.5) is 5.69 Å². The zero-order chi connectivity index (χ0) is 16.7. The van der Waals surface area contributed by atoms with Crippen LogP contribution in [-0.2, 0) is 11.2 Å². The van der Waals surface area contributed by atoms with E-state index >= 15 is 0 Å². The Labute approximate surface area is 145 Å². The van der Waals surface area contributed by atoms with Crippen LogP contribution in [0.5, 0.6) is 5.75 Å². The Morgan fingerprint density at radius 3 is 2.48 bits per heavy atom. The molecule has 0 atom stereocenters. The summed E-state index contributed by atoms with van der Waals surface area (Å²) in [5.41, 5.74) is 1.81. The lowest BCUT2D eigenvalue weighted by Crippen LogP contribution is -2.29. The molecular weight excluding hydrogens is 335 g/mol. The molecular formula is C17H18Cl2N2O2. The summed E-state index contributed by atoms with van der Waals surface area (Å²) in [4.78, 5) is 11.8. The number of methoxy groups -OCH3 is 1. The van der Waals surface area contributed by atoms with Gasteiger partial charge in [-0.15, -0.1) is 0 Å². The van der Waals surface area contributed by atoms with E-state index in [-0.39, 0.29) is 12.5 Å². The molecule has 0 bridgehead atoms. The molecule has 122 valence electrons. The number of anilines is 1. The summed E-state index contributed by atoms with van der Waals surface area (Å²) >= 11 is 11.7. The average molecular weight is 353 g/mol. The van der Waals surface area contributed by atoms with Gasteiger partial charge in [-0.2, -0.15) is 0 Å². The number of halogens is 2. The van der Waals surface area contributed by atoms with E-state index in [0.29, 0.717) is 22.3 Å². The maximum Gasteiger partial charge on any atom is 0.238 e. The molecule has 2 aromatic carbocycles. The topological polar surface area (TPSA) is 50.4 Å². The monoisotopic (exact) mass is 352 g/mol. The van der Waals surface area contributed by atoms with Gasteiger partial charge in [-0.1, -0.05) is 35.3 Å². The number of ether oxygens (including phenoxy) is 1. The number of hydrogen-bond acceptors (Lipinski definition) is 3. The summed E-state index contributed by atoms with van der Waals surface area (Å²) in [5.74, 6) is 0.709. The van der Waals surface area contributed by atoms with Crippen molar-refractivity contribution < 1.29 is 9.53 Å². The molecule has 0 saturated carbocycles. The van der Waals surface area contributed by atoms with Crippen molar-refractivity contribution in [1.29, 1.82) is 0 Å². The van der Waals surface area contributed by atoms with E-state index in [9.17, 15) is 4.79 Å². The third-order valence-corrected chi connectivity index (χ3v) is 3.98. The van der Waals surface area contributed by atoms with Crippen molar-refractivity contribution in [2.75, 3.05) is 25.5 Å². The lowest BCUT2D eigenvalue weighted by atomic mass is 10.1. The van der Waals surface area contributed by atoms with E-state index in [4.69, 9.17) is 27.9 Å². The molecule has 0 saturated heterocycles. The molecule has 2 aromatic rings. The molecule has 6 heteroatoms. The molecule has 0 spiro atoms. The van der Waals surface area contributed by atoms with E-state index in [1.165, 1.54) is 5.56 Å². The number of carbonyl (C=O) groups is 1. The predicted octanol–water partition coefficient (Wildman–Crippen LogP) is 3.77. The summed E-state index contributed by atoms with van der Waals surface area (Å²) < 4.78 is 5.11. The van der Waals surface area contributed by atoms with Crippen LogP contribution < -0.4 is 15.4 Å². The second-order valence-electron chi connectivity index (χ2n) is 4.95. The molecule has 0 heterocycles. The highest BCUT2D eigenvalue weighted by molar-refractivity contribution is 6.42. The molecule has 0 fully saturated rings. The van der Waals surface area contributed by atoms with Crippen molar-refractivity contribution >= 4 is 34.8 Å². The van der Waals surface area contributed by atoms with Crippen LogP contribution in [0.2, 0.25) is 10.0 Å². The molecule has 0 radical (unpaired) electrons. The Bertz CT molecular complexity index is 660. The highest BCUT2D eigenvalue weighted by atomic mass is 35.5. The minimum atomic E-state index is -0.127. The normalized spacial score (nSPS) is 10.4. The van der Waals surface area contributed by atoms with Crippen LogP contribution >= 0.6 is 23.2 Å². The van der Waals surface area contributed by atoms with E-state index in [0.717, 1.165) is 12.2 Å². The highest BCUT2D eigenvalue weighted by Crippen LogP contribution is 2.24. The largest absolute Gasteiger partial charge is 0.497 e. The SMILES string of the molecule is COc1ccc(CCNCC(=O)Nc2ccc(Cl)c(Cl)c2)cc1. The fraction of sp³-hybridized carbons (Fsp3) is 0.235. The number of hydrogen-bond donors (Lipinski definition) is 2. The highest BCUT2D eigenvalue weighted by Gasteiger charge is 2.04. The smallest absolute Gasteiger partial charge is 0.238 e. The van der Waals surface area contributed by atoms with Gasteiger partial charge in [-0.05, 0) is 48.9 Å². The summed E-state index contributed by atoms with van der Waals surface area (Å²) in [7, 11) is 1.64. The first kappa shape index (κ1) is 17.6. The van der Waals surface area contributed by atoms with Crippen molar-refractivity contribution in [2.45, 2.75) is 6.42 Å². The van der Waals surface area contributed by atoms with Gasteiger partial charge < -0.3 is 15.4 Å². The Balaban J connectivity index is 1.70. The second-order valence-corrected chi connectivity index (χ2v) is 5.77.